The Morgan fingerprint density at radius 2 is 0.897 bits per heavy atom. The Bertz CT molecular complexity index is 624. The second-order valence-electron chi connectivity index (χ2n) is 5.23. The van der Waals surface area contributed by atoms with E-state index in [1.807, 2.05) is 32.9 Å². The van der Waals surface area contributed by atoms with Gasteiger partial charge in [-0.15, -0.1) is 19.7 Å². The summed E-state index contributed by atoms with van der Waals surface area (Å²) in [4.78, 5) is 23.2. The molecule has 2 rings (SSSR count). The minimum Gasteiger partial charge on any atom is -0.458 e. The topological polar surface area (TPSA) is 52.6 Å². The predicted octanol–water partition coefficient (Wildman–Crippen LogP) is 6.28. The number of benzene rings is 2. The van der Waals surface area contributed by atoms with E-state index in [0.717, 1.165) is 0 Å². The minimum absolute atomic E-state index is 0.0340. The molecule has 4 heteroatoms. The number of esters is 2. The first-order chi connectivity index (χ1) is 14.0. The second-order valence-corrected chi connectivity index (χ2v) is 5.23. The van der Waals surface area contributed by atoms with Gasteiger partial charge < -0.3 is 9.47 Å². The van der Waals surface area contributed by atoms with E-state index in [1.165, 1.54) is 0 Å². The summed E-state index contributed by atoms with van der Waals surface area (Å²) in [5.74, 6) is -0.859. The number of rotatable bonds is 5. The highest BCUT2D eigenvalue weighted by molar-refractivity contribution is 5.90. The molecule has 0 atom stereocenters. The molecule has 0 aliphatic carbocycles. The summed E-state index contributed by atoms with van der Waals surface area (Å²) in [5.41, 5.74) is 0.948. The van der Waals surface area contributed by atoms with Gasteiger partial charge >= 0.3 is 11.9 Å². The highest BCUT2D eigenvalue weighted by Crippen LogP contribution is 2.02. The van der Waals surface area contributed by atoms with E-state index in [1.54, 1.807) is 66.8 Å². The van der Waals surface area contributed by atoms with Gasteiger partial charge in [0, 0.05) is 0 Å². The van der Waals surface area contributed by atoms with E-state index in [0.29, 0.717) is 11.1 Å². The quantitative estimate of drug-likeness (QED) is 0.339. The average molecular weight is 397 g/mol. The van der Waals surface area contributed by atoms with Crippen LogP contribution in [-0.4, -0.2) is 25.2 Å². The lowest BCUT2D eigenvalue weighted by molar-refractivity contribution is 0.0265. The van der Waals surface area contributed by atoms with Crippen molar-refractivity contribution in [3.63, 3.8) is 0 Å². The third-order valence-electron chi connectivity index (χ3n) is 2.57. The lowest BCUT2D eigenvalue weighted by atomic mass is 10.2. The normalized spacial score (nSPS) is 8.10. The van der Waals surface area contributed by atoms with E-state index in [9.17, 15) is 9.59 Å². The van der Waals surface area contributed by atoms with Gasteiger partial charge in [0.2, 0.25) is 0 Å². The summed E-state index contributed by atoms with van der Waals surface area (Å²) in [6, 6.07) is 17.3. The predicted molar refractivity (Wildman–Crippen MR) is 121 cm³/mol. The number of allylic oxidation sites excluding steroid dienone is 3. The number of hydrogen-bond acceptors (Lipinski definition) is 4. The van der Waals surface area contributed by atoms with Gasteiger partial charge in [0.05, 0.1) is 11.1 Å². The lowest BCUT2D eigenvalue weighted by Gasteiger charge is -2.06. The first-order valence-electron chi connectivity index (χ1n) is 9.17. The van der Waals surface area contributed by atoms with Crippen LogP contribution in [0.25, 0.3) is 0 Å². The molecule has 29 heavy (non-hydrogen) atoms. The summed E-state index contributed by atoms with van der Waals surface area (Å²) in [7, 11) is 0. The smallest absolute Gasteiger partial charge is 0.338 e. The molecule has 0 N–H and O–H groups in total. The van der Waals surface area contributed by atoms with Crippen molar-refractivity contribution in [3.8, 4) is 0 Å². The molecule has 0 aliphatic rings. The maximum absolute atomic E-state index is 11.6. The van der Waals surface area contributed by atoms with E-state index in [4.69, 9.17) is 9.47 Å². The van der Waals surface area contributed by atoms with Crippen molar-refractivity contribution >= 4 is 11.9 Å². The van der Waals surface area contributed by atoms with Crippen LogP contribution in [0.3, 0.4) is 0 Å². The molecule has 0 aromatic heterocycles. The third kappa shape index (κ3) is 16.5. The Kier molecular flexibility index (Phi) is 20.1. The van der Waals surface area contributed by atoms with E-state index < -0.39 is 11.9 Å². The minimum atomic E-state index is -0.429. The number of hydrogen-bond donors (Lipinski definition) is 0. The van der Waals surface area contributed by atoms with Gasteiger partial charge in [-0.25, -0.2) is 9.59 Å². The zero-order valence-electron chi connectivity index (χ0n) is 17.7. The third-order valence-corrected chi connectivity index (χ3v) is 2.57. The van der Waals surface area contributed by atoms with Gasteiger partial charge in [0.1, 0.15) is 13.2 Å². The summed E-state index contributed by atoms with van der Waals surface area (Å²) in [6.07, 6.45) is 5.25. The summed E-state index contributed by atoms with van der Waals surface area (Å²) >= 11 is 0. The molecule has 0 fully saturated rings. The lowest BCUT2D eigenvalue weighted by Crippen LogP contribution is -2.14. The zero-order chi connectivity index (χ0) is 22.3. The molecule has 0 bridgehead atoms. The van der Waals surface area contributed by atoms with Crippen molar-refractivity contribution in [2.45, 2.75) is 20.8 Å². The van der Waals surface area contributed by atoms with Crippen LogP contribution in [0.2, 0.25) is 0 Å². The monoisotopic (exact) mass is 396 g/mol. The fraction of sp³-hybridized carbons (Fsp3) is 0.200. The molecular weight excluding hydrogens is 364 g/mol. The molecule has 2 aromatic carbocycles. The van der Waals surface area contributed by atoms with Crippen molar-refractivity contribution in [2.75, 3.05) is 13.2 Å². The van der Waals surface area contributed by atoms with Gasteiger partial charge in [-0.2, -0.15) is 0 Å². The van der Waals surface area contributed by atoms with Gasteiger partial charge in [-0.3, -0.25) is 0 Å². The summed E-state index contributed by atoms with van der Waals surface area (Å²) in [6.45, 7) is 15.8. The fourth-order valence-corrected chi connectivity index (χ4v) is 1.58. The van der Waals surface area contributed by atoms with Crippen LogP contribution >= 0.6 is 0 Å². The van der Waals surface area contributed by atoms with Crippen molar-refractivity contribution in [1.29, 1.82) is 0 Å². The molecule has 0 unspecified atom stereocenters. The number of carbonyl (C=O) groups excluding carboxylic acids is 2. The van der Waals surface area contributed by atoms with E-state index in [-0.39, 0.29) is 13.2 Å². The Morgan fingerprint density at radius 3 is 1.14 bits per heavy atom. The van der Waals surface area contributed by atoms with Gasteiger partial charge in [0.15, 0.2) is 0 Å². The maximum Gasteiger partial charge on any atom is 0.338 e. The molecular formula is C25H32O4. The molecule has 4 nitrogen and oxygen atoms in total. The maximum atomic E-state index is 11.6. The van der Waals surface area contributed by atoms with Crippen LogP contribution < -0.4 is 0 Å². The van der Waals surface area contributed by atoms with Crippen LogP contribution in [0.5, 0.6) is 0 Å². The zero-order valence-corrected chi connectivity index (χ0v) is 17.7. The molecule has 0 amide bonds. The van der Waals surface area contributed by atoms with Crippen LogP contribution in [0.15, 0.2) is 98.6 Å². The second kappa shape index (κ2) is 20.9. The fourth-order valence-electron chi connectivity index (χ4n) is 1.58. The van der Waals surface area contributed by atoms with E-state index >= 15 is 0 Å². The summed E-state index contributed by atoms with van der Waals surface area (Å²) < 4.78 is 10.00. The first kappa shape index (κ1) is 27.8. The van der Waals surface area contributed by atoms with Gasteiger partial charge in [0.25, 0.3) is 0 Å². The molecule has 0 saturated carbocycles. The van der Waals surface area contributed by atoms with Crippen LogP contribution in [0.1, 0.15) is 41.5 Å². The average Bonchev–Trinajstić information content (AvgIpc) is 2.74. The number of carbonyl (C=O) groups is 2. The molecule has 0 saturated heterocycles. The van der Waals surface area contributed by atoms with Gasteiger partial charge in [-0.05, 0) is 45.0 Å². The standard InChI is InChI=1S/C16H14O4.3C3H6/c17-15(13-7-3-1-4-8-13)19-11-12-20-16(18)14-9-5-2-6-10-14;3*1-3-2/h1-10H,11-12H2;3*3H,1H2,2H3. The van der Waals surface area contributed by atoms with Crippen molar-refractivity contribution in [1.82, 2.24) is 0 Å². The first-order valence-corrected chi connectivity index (χ1v) is 9.17. The van der Waals surface area contributed by atoms with Gasteiger partial charge in [-0.1, -0.05) is 54.6 Å². The Labute approximate surface area is 175 Å². The highest BCUT2D eigenvalue weighted by Gasteiger charge is 2.08. The van der Waals surface area contributed by atoms with Crippen LogP contribution in [0.4, 0.5) is 0 Å². The van der Waals surface area contributed by atoms with E-state index in [2.05, 4.69) is 19.7 Å². The number of ether oxygens (including phenoxy) is 2. The largest absolute Gasteiger partial charge is 0.458 e. The highest BCUT2D eigenvalue weighted by atomic mass is 16.6. The molecule has 156 valence electrons. The van der Waals surface area contributed by atoms with Crippen LogP contribution in [0, 0.1) is 0 Å². The Balaban J connectivity index is 0. The van der Waals surface area contributed by atoms with Crippen molar-refractivity contribution in [3.05, 3.63) is 110 Å². The molecule has 0 heterocycles. The van der Waals surface area contributed by atoms with Crippen molar-refractivity contribution < 1.29 is 19.1 Å². The molecule has 0 spiro atoms. The van der Waals surface area contributed by atoms with Crippen molar-refractivity contribution in [2.24, 2.45) is 0 Å². The van der Waals surface area contributed by atoms with Crippen LogP contribution in [-0.2, 0) is 9.47 Å². The SMILES string of the molecule is C=CC.C=CC.C=CC.O=C(OCCOC(=O)c1ccccc1)c1ccccc1. The molecule has 2 aromatic rings. The Morgan fingerprint density at radius 1 is 0.655 bits per heavy atom. The summed E-state index contributed by atoms with van der Waals surface area (Å²) in [5, 5.41) is 0. The molecule has 0 aliphatic heterocycles. The molecule has 0 radical (unpaired) electrons. The Hall–Kier alpha value is -3.40.